The molecule has 0 radical (unpaired) electrons. The molecule has 0 fully saturated rings. The monoisotopic (exact) mass is 336 g/mol. The van der Waals surface area contributed by atoms with Crippen molar-refractivity contribution in [1.82, 2.24) is 10.2 Å². The summed E-state index contributed by atoms with van der Waals surface area (Å²) < 4.78 is 5.30. The van der Waals surface area contributed by atoms with Gasteiger partial charge in [0, 0.05) is 5.56 Å². The number of rotatable bonds is 5. The molecule has 0 bridgehead atoms. The Morgan fingerprint density at radius 2 is 1.84 bits per heavy atom. The largest absolute Gasteiger partial charge is 0.495 e. The molecular formula is C19H16N2O4. The maximum atomic E-state index is 11.4. The number of ether oxygens (including phenoxy) is 1. The number of benzene rings is 2. The third-order valence-electron chi connectivity index (χ3n) is 3.90. The third kappa shape index (κ3) is 3.14. The number of aromatic nitrogens is 2. The van der Waals surface area contributed by atoms with Gasteiger partial charge in [0.1, 0.15) is 11.3 Å². The molecule has 0 saturated heterocycles. The van der Waals surface area contributed by atoms with Crippen molar-refractivity contribution in [1.29, 1.82) is 0 Å². The zero-order chi connectivity index (χ0) is 18.0. The van der Waals surface area contributed by atoms with Gasteiger partial charge >= 0.3 is 5.97 Å². The number of hydrogen-bond donors (Lipinski definition) is 2. The number of H-pyrrole nitrogens is 1. The molecule has 25 heavy (non-hydrogen) atoms. The molecule has 0 spiro atoms. The molecule has 0 aliphatic heterocycles. The van der Waals surface area contributed by atoms with Crippen LogP contribution in [0.2, 0.25) is 0 Å². The van der Waals surface area contributed by atoms with Crippen LogP contribution in [-0.4, -0.2) is 34.2 Å². The first kappa shape index (κ1) is 16.4. The van der Waals surface area contributed by atoms with E-state index < -0.39 is 5.97 Å². The van der Waals surface area contributed by atoms with E-state index in [0.29, 0.717) is 22.2 Å². The standard InChI is InChI=1S/C19H16N2O4/c1-11(22)13-6-3-12(4-7-13)5-9-15-17-16(21-20-15)10-8-14(19(23)24)18(17)25-2/h3-10H,1-2H3,(H,20,21)(H,23,24)/b9-5+. The molecule has 0 saturated carbocycles. The van der Waals surface area contributed by atoms with Gasteiger partial charge in [0.15, 0.2) is 5.78 Å². The number of carboxylic acid groups (broad SMARTS) is 1. The molecule has 1 heterocycles. The first-order chi connectivity index (χ1) is 12.0. The van der Waals surface area contributed by atoms with Gasteiger partial charge in [-0.2, -0.15) is 5.10 Å². The number of Topliss-reactive ketones (excluding diaryl/α,β-unsaturated/α-hetero) is 1. The van der Waals surface area contributed by atoms with Crippen molar-refractivity contribution in [3.05, 3.63) is 58.8 Å². The van der Waals surface area contributed by atoms with Crippen LogP contribution in [0, 0.1) is 0 Å². The lowest BCUT2D eigenvalue weighted by Crippen LogP contribution is -2.00. The van der Waals surface area contributed by atoms with Crippen molar-refractivity contribution in [2.24, 2.45) is 0 Å². The minimum absolute atomic E-state index is 0.0137. The molecule has 0 aliphatic carbocycles. The summed E-state index contributed by atoms with van der Waals surface area (Å²) >= 11 is 0. The van der Waals surface area contributed by atoms with Gasteiger partial charge in [-0.1, -0.05) is 30.3 Å². The molecule has 126 valence electrons. The molecule has 0 unspecified atom stereocenters. The number of methoxy groups -OCH3 is 1. The molecular weight excluding hydrogens is 320 g/mol. The molecule has 0 aliphatic rings. The summed E-state index contributed by atoms with van der Waals surface area (Å²) in [6.45, 7) is 1.52. The molecule has 1 aromatic heterocycles. The van der Waals surface area contributed by atoms with Crippen molar-refractivity contribution >= 4 is 34.8 Å². The molecule has 6 heteroatoms. The van der Waals surface area contributed by atoms with Crippen LogP contribution in [0.3, 0.4) is 0 Å². The molecule has 3 aromatic rings. The van der Waals surface area contributed by atoms with Crippen molar-refractivity contribution in [3.63, 3.8) is 0 Å². The highest BCUT2D eigenvalue weighted by molar-refractivity contribution is 6.03. The fourth-order valence-corrected chi connectivity index (χ4v) is 2.61. The predicted octanol–water partition coefficient (Wildman–Crippen LogP) is 3.64. The maximum absolute atomic E-state index is 11.4. The smallest absolute Gasteiger partial charge is 0.339 e. The first-order valence-corrected chi connectivity index (χ1v) is 7.58. The summed E-state index contributed by atoms with van der Waals surface area (Å²) in [7, 11) is 1.43. The first-order valence-electron chi connectivity index (χ1n) is 7.58. The number of carboxylic acids is 1. The highest BCUT2D eigenvalue weighted by Gasteiger charge is 2.17. The minimum atomic E-state index is -1.06. The van der Waals surface area contributed by atoms with E-state index in [1.165, 1.54) is 20.1 Å². The fraction of sp³-hybridized carbons (Fsp3) is 0.105. The topological polar surface area (TPSA) is 92.3 Å². The Kier molecular flexibility index (Phi) is 4.35. The summed E-state index contributed by atoms with van der Waals surface area (Å²) in [6.07, 6.45) is 3.61. The third-order valence-corrected chi connectivity index (χ3v) is 3.90. The van der Waals surface area contributed by atoms with Crippen molar-refractivity contribution in [2.75, 3.05) is 7.11 Å². The van der Waals surface area contributed by atoms with Crippen LogP contribution >= 0.6 is 0 Å². The molecule has 0 amide bonds. The van der Waals surface area contributed by atoms with E-state index in [4.69, 9.17) is 4.74 Å². The van der Waals surface area contributed by atoms with E-state index in [-0.39, 0.29) is 17.1 Å². The Morgan fingerprint density at radius 1 is 1.12 bits per heavy atom. The Hall–Kier alpha value is -3.41. The van der Waals surface area contributed by atoms with E-state index in [9.17, 15) is 14.7 Å². The average molecular weight is 336 g/mol. The van der Waals surface area contributed by atoms with Gasteiger partial charge in [0.25, 0.3) is 0 Å². The molecule has 2 N–H and O–H groups in total. The number of nitrogens with zero attached hydrogens (tertiary/aromatic N) is 1. The number of carbonyl (C=O) groups excluding carboxylic acids is 1. The minimum Gasteiger partial charge on any atom is -0.495 e. The number of ketones is 1. The summed E-state index contributed by atoms with van der Waals surface area (Å²) in [6, 6.07) is 10.3. The van der Waals surface area contributed by atoms with Gasteiger partial charge < -0.3 is 9.84 Å². The number of aromatic carboxylic acids is 1. The van der Waals surface area contributed by atoms with Crippen LogP contribution in [0.15, 0.2) is 36.4 Å². The van der Waals surface area contributed by atoms with Crippen molar-refractivity contribution in [2.45, 2.75) is 6.92 Å². The zero-order valence-electron chi connectivity index (χ0n) is 13.7. The number of nitrogens with one attached hydrogen (secondary N) is 1. The van der Waals surface area contributed by atoms with Gasteiger partial charge in [-0.05, 0) is 30.7 Å². The number of carbonyl (C=O) groups is 2. The summed E-state index contributed by atoms with van der Waals surface area (Å²) in [5.41, 5.74) is 2.89. The highest BCUT2D eigenvalue weighted by atomic mass is 16.5. The highest BCUT2D eigenvalue weighted by Crippen LogP contribution is 2.32. The lowest BCUT2D eigenvalue weighted by atomic mass is 10.1. The van der Waals surface area contributed by atoms with E-state index in [0.717, 1.165) is 5.56 Å². The SMILES string of the molecule is COc1c(C(=O)O)ccc2[nH]nc(/C=C/c3ccc(C(C)=O)cc3)c12. The molecule has 3 rings (SSSR count). The van der Waals surface area contributed by atoms with Crippen LogP contribution in [0.1, 0.15) is 38.9 Å². The van der Waals surface area contributed by atoms with E-state index in [2.05, 4.69) is 10.2 Å². The second-order valence-corrected chi connectivity index (χ2v) is 5.49. The van der Waals surface area contributed by atoms with Crippen LogP contribution in [0.5, 0.6) is 5.75 Å². The van der Waals surface area contributed by atoms with E-state index >= 15 is 0 Å². The number of aromatic amines is 1. The summed E-state index contributed by atoms with van der Waals surface area (Å²) in [5, 5.41) is 17.0. The molecule has 0 atom stereocenters. The van der Waals surface area contributed by atoms with Crippen molar-refractivity contribution in [3.8, 4) is 5.75 Å². The quantitative estimate of drug-likeness (QED) is 0.694. The molecule has 6 nitrogen and oxygen atoms in total. The van der Waals surface area contributed by atoms with Crippen LogP contribution in [0.25, 0.3) is 23.1 Å². The molecule has 2 aromatic carbocycles. The van der Waals surface area contributed by atoms with Gasteiger partial charge in [-0.3, -0.25) is 9.89 Å². The van der Waals surface area contributed by atoms with Gasteiger partial charge in [-0.25, -0.2) is 4.79 Å². The summed E-state index contributed by atoms with van der Waals surface area (Å²) in [5.74, 6) is -0.778. The van der Waals surface area contributed by atoms with Crippen LogP contribution < -0.4 is 4.74 Å². The Morgan fingerprint density at radius 3 is 2.44 bits per heavy atom. The van der Waals surface area contributed by atoms with E-state index in [1.807, 2.05) is 18.2 Å². The summed E-state index contributed by atoms with van der Waals surface area (Å²) in [4.78, 5) is 22.7. The fourth-order valence-electron chi connectivity index (χ4n) is 2.61. The van der Waals surface area contributed by atoms with Gasteiger partial charge in [-0.15, -0.1) is 0 Å². The Balaban J connectivity index is 2.02. The lowest BCUT2D eigenvalue weighted by Gasteiger charge is -2.06. The predicted molar refractivity (Wildman–Crippen MR) is 95.0 cm³/mol. The average Bonchev–Trinajstić information content (AvgIpc) is 3.02. The van der Waals surface area contributed by atoms with E-state index in [1.54, 1.807) is 24.3 Å². The normalized spacial score (nSPS) is 11.1. The Labute approximate surface area is 143 Å². The van der Waals surface area contributed by atoms with Crippen LogP contribution in [0.4, 0.5) is 0 Å². The van der Waals surface area contributed by atoms with Gasteiger partial charge in [0.2, 0.25) is 0 Å². The second-order valence-electron chi connectivity index (χ2n) is 5.49. The number of hydrogen-bond acceptors (Lipinski definition) is 4. The lowest BCUT2D eigenvalue weighted by molar-refractivity contribution is 0.0693. The second kappa shape index (κ2) is 6.60. The zero-order valence-corrected chi connectivity index (χ0v) is 13.7. The maximum Gasteiger partial charge on any atom is 0.339 e. The van der Waals surface area contributed by atoms with Gasteiger partial charge in [0.05, 0.1) is 23.7 Å². The van der Waals surface area contributed by atoms with Crippen molar-refractivity contribution < 1.29 is 19.4 Å². The number of fused-ring (bicyclic) bond motifs is 1. The van der Waals surface area contributed by atoms with Crippen LogP contribution in [-0.2, 0) is 0 Å². The Bertz CT molecular complexity index is 985.